The lowest BCUT2D eigenvalue weighted by atomic mass is 10.1. The molecule has 8 heterocycles. The second-order valence-corrected chi connectivity index (χ2v) is 24.7. The van der Waals surface area contributed by atoms with Crippen molar-refractivity contribution in [3.8, 4) is 0 Å². The number of carbonyl (C=O) groups is 14. The van der Waals surface area contributed by atoms with Gasteiger partial charge in [-0.1, -0.05) is 0 Å². The van der Waals surface area contributed by atoms with Crippen LogP contribution in [0.4, 0.5) is 39.8 Å². The minimum Gasteiger partial charge on any atom is -0.480 e. The van der Waals surface area contributed by atoms with Crippen LogP contribution >= 0.6 is 0 Å². The quantitative estimate of drug-likeness (QED) is 0.0244. The lowest BCUT2D eigenvalue weighted by Crippen LogP contribution is -2.51. The number of carboxylic acids is 3. The summed E-state index contributed by atoms with van der Waals surface area (Å²) in [5, 5.41) is 57.8. The predicted molar refractivity (Wildman–Crippen MR) is 382 cm³/mol. The summed E-state index contributed by atoms with van der Waals surface area (Å²) in [5.74, 6) is -9.58. The zero-order chi connectivity index (χ0) is 77.4. The first kappa shape index (κ1) is 78.4. The van der Waals surface area contributed by atoms with Crippen LogP contribution in [0.25, 0.3) is 0 Å². The number of carbonyl (C=O) groups excluding carboxylic acids is 11. The Kier molecular flexibility index (Phi) is 25.9. The van der Waals surface area contributed by atoms with Crippen LogP contribution in [0, 0.1) is 0 Å². The van der Waals surface area contributed by atoms with Gasteiger partial charge in [-0.3, -0.25) is 72.0 Å². The topological polar surface area (TPSA) is 491 Å². The van der Waals surface area contributed by atoms with Gasteiger partial charge in [0.2, 0.25) is 17.7 Å². The van der Waals surface area contributed by atoms with E-state index in [2.05, 4.69) is 63.5 Å². The number of aliphatic carboxylic acids is 3. The van der Waals surface area contributed by atoms with E-state index in [9.17, 15) is 72.2 Å². The molecule has 0 aliphatic heterocycles. The number of hydrogen-bond donors (Lipinski definition) is 14. The van der Waals surface area contributed by atoms with Crippen LogP contribution in [0.15, 0.2) is 98.2 Å². The standard InChI is InChI=1S/C67H82N22O17/c1-68-45(67(106)89(37-57(96)97)20-19-88(35-55(92)93)36-56(94)95)12-15-69-53(90)13-16-72-60(99)47-23-40(30-82(47)4)75-63(102)50-25-42(32-84(50)6)77-64(103)51-24-41(31-86(51)8)76-61(100)48-21-38(28-83(48)5)73-54(91)11-10-14-71-59(98)46-22-39(29-81(46)3)74-62(101)49-26-43(33-85(49)7)78-65(104)52-27-44(34-87(52)9)79-66(105)58-70-17-18-80(58)2/h17-18,21-34,45,68H,10-16,19-20,35-37H2,1-9H3,(H,69,90)(H,71,98)(H,72,99)(H,73,91)(H,74,101)(H,75,102)(H,76,100)(H,77,103)(H,78,104)(H,79,105)(H,92,93)(H,94,95)(H,96,97). The zero-order valence-corrected chi connectivity index (χ0v) is 59.3. The van der Waals surface area contributed by atoms with E-state index in [-0.39, 0.29) is 127 Å². The fraction of sp³-hybridized carbons (Fsp3) is 0.328. The molecule has 0 fully saturated rings. The second kappa shape index (κ2) is 35.0. The maximum Gasteiger partial charge on any atom is 0.323 e. The van der Waals surface area contributed by atoms with Gasteiger partial charge in [0.05, 0.1) is 58.9 Å². The van der Waals surface area contributed by atoms with Crippen molar-refractivity contribution in [1.29, 1.82) is 0 Å². The van der Waals surface area contributed by atoms with E-state index in [0.29, 0.717) is 22.7 Å². The molecule has 11 amide bonds. The molecule has 0 bridgehead atoms. The van der Waals surface area contributed by atoms with Crippen molar-refractivity contribution < 1.29 is 82.4 Å². The Labute approximate surface area is 604 Å². The summed E-state index contributed by atoms with van der Waals surface area (Å²) in [7, 11) is 14.4. The number of rotatable bonds is 36. The van der Waals surface area contributed by atoms with Gasteiger partial charge in [0, 0.05) is 158 Å². The highest BCUT2D eigenvalue weighted by Gasteiger charge is 2.28. The number of aryl methyl sites for hydroxylation is 8. The third-order valence-corrected chi connectivity index (χ3v) is 16.5. The number of likely N-dealkylation sites (N-methyl/N-ethyl adjacent to an activating group) is 1. The van der Waals surface area contributed by atoms with E-state index in [4.69, 9.17) is 10.2 Å². The monoisotopic (exact) mass is 1470 g/mol. The molecule has 8 rings (SSSR count). The molecule has 8 aromatic heterocycles. The normalized spacial score (nSPS) is 11.3. The number of nitrogens with zero attached hydrogens (tertiary/aromatic N) is 11. The van der Waals surface area contributed by atoms with Crippen LogP contribution < -0.4 is 58.5 Å². The fourth-order valence-electron chi connectivity index (χ4n) is 11.2. The van der Waals surface area contributed by atoms with Crippen LogP contribution in [-0.2, 0) is 85.1 Å². The Morgan fingerprint density at radius 1 is 0.387 bits per heavy atom. The molecule has 14 N–H and O–H groups in total. The maximum absolute atomic E-state index is 13.6. The molecule has 8 aromatic rings. The molecule has 0 spiro atoms. The van der Waals surface area contributed by atoms with Crippen molar-refractivity contribution >= 4 is 123 Å². The van der Waals surface area contributed by atoms with Gasteiger partial charge in [-0.2, -0.15) is 0 Å². The van der Waals surface area contributed by atoms with Gasteiger partial charge in [0.1, 0.15) is 46.4 Å². The molecule has 0 aromatic carbocycles. The summed E-state index contributed by atoms with van der Waals surface area (Å²) in [6.45, 7) is -2.60. The SMILES string of the molecule is CNC(CCNC(=O)CCNC(=O)c1cc(NC(=O)c2cc(NC(=O)c3cc(NC(=O)c4cc(NC(=O)CCCNC(=O)c5cc(NC(=O)c6cc(NC(=O)c7cc(NC(=O)c8nccn8C)cn7C)cn6C)cn5C)cn4C)cn3C)cn2C)cn1C)C(=O)N(CCN(CC(=O)O)CC(=O)O)CC(=O)O. The van der Waals surface area contributed by atoms with E-state index in [1.807, 2.05) is 0 Å². The molecule has 0 aliphatic carbocycles. The summed E-state index contributed by atoms with van der Waals surface area (Å²) in [6, 6.07) is 9.28. The lowest BCUT2D eigenvalue weighted by molar-refractivity contribution is -0.146. The summed E-state index contributed by atoms with van der Waals surface area (Å²) in [4.78, 5) is 186. The Morgan fingerprint density at radius 3 is 1.07 bits per heavy atom. The molecule has 1 atom stereocenters. The molecule has 0 saturated carbocycles. The summed E-state index contributed by atoms with van der Waals surface area (Å²) in [5.41, 5.74) is 3.33. The van der Waals surface area contributed by atoms with Gasteiger partial charge in [-0.15, -0.1) is 0 Å². The highest BCUT2D eigenvalue weighted by molar-refractivity contribution is 6.11. The molecule has 0 radical (unpaired) electrons. The molecular formula is C67H82N22O17. The Morgan fingerprint density at radius 2 is 0.726 bits per heavy atom. The molecule has 0 aliphatic rings. The van der Waals surface area contributed by atoms with E-state index in [1.54, 1.807) is 96.5 Å². The number of aromatic nitrogens is 9. The maximum atomic E-state index is 13.6. The van der Waals surface area contributed by atoms with Crippen molar-refractivity contribution in [2.45, 2.75) is 31.7 Å². The number of imidazole rings is 1. The van der Waals surface area contributed by atoms with Gasteiger partial charge < -0.3 is 115 Å². The molecule has 39 nitrogen and oxygen atoms in total. The molecule has 106 heavy (non-hydrogen) atoms. The first-order chi connectivity index (χ1) is 50.2. The average Bonchev–Trinajstić information content (AvgIpc) is 1.68. The van der Waals surface area contributed by atoms with E-state index in [1.165, 1.54) is 102 Å². The van der Waals surface area contributed by atoms with Crippen molar-refractivity contribution in [3.63, 3.8) is 0 Å². The molecule has 39 heteroatoms. The van der Waals surface area contributed by atoms with Crippen LogP contribution in [-0.4, -0.2) is 215 Å². The number of carboxylic acid groups (broad SMARTS) is 3. The largest absolute Gasteiger partial charge is 0.480 e. The number of amides is 11. The summed E-state index contributed by atoms with van der Waals surface area (Å²) < 4.78 is 12.1. The Hall–Kier alpha value is -13.3. The summed E-state index contributed by atoms with van der Waals surface area (Å²) in [6.07, 6.45) is 14.0. The van der Waals surface area contributed by atoms with E-state index < -0.39 is 103 Å². The third kappa shape index (κ3) is 20.9. The van der Waals surface area contributed by atoms with Crippen LogP contribution in [0.5, 0.6) is 0 Å². The fourth-order valence-corrected chi connectivity index (χ4v) is 11.2. The van der Waals surface area contributed by atoms with Gasteiger partial charge in [0.15, 0.2) is 5.82 Å². The predicted octanol–water partition coefficient (Wildman–Crippen LogP) is 1.05. The Balaban J connectivity index is 0.730. The minimum absolute atomic E-state index is 0.00565. The van der Waals surface area contributed by atoms with Gasteiger partial charge in [-0.05, 0) is 62.4 Å². The highest BCUT2D eigenvalue weighted by atomic mass is 16.4. The van der Waals surface area contributed by atoms with Crippen molar-refractivity contribution in [2.75, 3.05) is 96.6 Å². The van der Waals surface area contributed by atoms with E-state index >= 15 is 0 Å². The van der Waals surface area contributed by atoms with Crippen molar-refractivity contribution in [1.82, 2.24) is 72.6 Å². The van der Waals surface area contributed by atoms with Crippen LogP contribution in [0.2, 0.25) is 0 Å². The first-order valence-electron chi connectivity index (χ1n) is 32.7. The average molecular weight is 1470 g/mol. The molecule has 0 saturated heterocycles. The summed E-state index contributed by atoms with van der Waals surface area (Å²) >= 11 is 0. The Bertz CT molecular complexity index is 4690. The number of anilines is 7. The van der Waals surface area contributed by atoms with Crippen LogP contribution in [0.3, 0.4) is 0 Å². The minimum atomic E-state index is -1.36. The number of nitrogens with one attached hydrogen (secondary N) is 11. The first-order valence-corrected chi connectivity index (χ1v) is 32.7. The third-order valence-electron chi connectivity index (χ3n) is 16.5. The second-order valence-electron chi connectivity index (χ2n) is 24.7. The molecular weight excluding hydrogens is 1380 g/mol. The molecule has 562 valence electrons. The van der Waals surface area contributed by atoms with Crippen molar-refractivity contribution in [3.05, 3.63) is 144 Å². The lowest BCUT2D eigenvalue weighted by Gasteiger charge is -2.28. The van der Waals surface area contributed by atoms with Gasteiger partial charge in [-0.25, -0.2) is 4.98 Å². The smallest absolute Gasteiger partial charge is 0.323 e. The molecule has 1 unspecified atom stereocenters. The highest BCUT2D eigenvalue weighted by Crippen LogP contribution is 2.24. The zero-order valence-electron chi connectivity index (χ0n) is 59.3. The number of hydrogen-bond acceptors (Lipinski definition) is 17. The van der Waals surface area contributed by atoms with Gasteiger partial charge in [0.25, 0.3) is 47.3 Å². The van der Waals surface area contributed by atoms with E-state index in [0.717, 1.165) is 9.80 Å². The van der Waals surface area contributed by atoms with Gasteiger partial charge >= 0.3 is 17.9 Å². The van der Waals surface area contributed by atoms with Crippen LogP contribution in [0.1, 0.15) is 110 Å². The van der Waals surface area contributed by atoms with Crippen molar-refractivity contribution in [2.24, 2.45) is 56.4 Å².